The summed E-state index contributed by atoms with van der Waals surface area (Å²) in [6.45, 7) is 2.28. The van der Waals surface area contributed by atoms with E-state index in [1.54, 1.807) is 43.5 Å². The van der Waals surface area contributed by atoms with E-state index in [4.69, 9.17) is 33.3 Å². The third-order valence-electron chi connectivity index (χ3n) is 5.10. The number of ether oxygens (including phenoxy) is 2. The minimum Gasteiger partial charge on any atom is -0.493 e. The van der Waals surface area contributed by atoms with Crippen LogP contribution in [0.25, 0.3) is 6.08 Å². The van der Waals surface area contributed by atoms with Gasteiger partial charge in [-0.1, -0.05) is 65.8 Å². The second-order valence-corrected chi connectivity index (χ2v) is 9.71. The Kier molecular flexibility index (Phi) is 7.75. The summed E-state index contributed by atoms with van der Waals surface area (Å²) in [7, 11) is 1.56. The average molecular weight is 525 g/mol. The second kappa shape index (κ2) is 10.9. The number of nitrogens with one attached hydrogen (secondary N) is 1. The van der Waals surface area contributed by atoms with E-state index in [1.165, 1.54) is 0 Å². The summed E-state index contributed by atoms with van der Waals surface area (Å²) in [4.78, 5) is 26.0. The summed E-state index contributed by atoms with van der Waals surface area (Å²) in [6, 6.07) is 20.3. The SMILES string of the molecule is COc1cc(/C=C2/SC(=S)N(NC(=O)c3ccc(C)cc3Cl)C2=O)ccc1OCc1ccccc1. The molecule has 1 N–H and O–H groups in total. The molecule has 0 aromatic heterocycles. The summed E-state index contributed by atoms with van der Waals surface area (Å²) in [6.07, 6.45) is 1.69. The molecule has 0 aliphatic carbocycles. The molecule has 1 heterocycles. The van der Waals surface area contributed by atoms with Crippen molar-refractivity contribution in [1.82, 2.24) is 10.4 Å². The van der Waals surface area contributed by atoms with Gasteiger partial charge in [-0.3, -0.25) is 15.0 Å². The van der Waals surface area contributed by atoms with Crippen LogP contribution < -0.4 is 14.9 Å². The maximum Gasteiger partial charge on any atom is 0.285 e. The van der Waals surface area contributed by atoms with Crippen molar-refractivity contribution in [3.8, 4) is 11.5 Å². The lowest BCUT2D eigenvalue weighted by atomic mass is 10.1. The lowest BCUT2D eigenvalue weighted by Crippen LogP contribution is -2.44. The van der Waals surface area contributed by atoms with Crippen LogP contribution in [-0.4, -0.2) is 28.3 Å². The van der Waals surface area contributed by atoms with Crippen molar-refractivity contribution in [2.24, 2.45) is 0 Å². The summed E-state index contributed by atoms with van der Waals surface area (Å²) >= 11 is 12.6. The van der Waals surface area contributed by atoms with Gasteiger partial charge in [-0.25, -0.2) is 0 Å². The van der Waals surface area contributed by atoms with E-state index >= 15 is 0 Å². The number of hydrogen-bond acceptors (Lipinski definition) is 6. The zero-order valence-electron chi connectivity index (χ0n) is 18.9. The van der Waals surface area contributed by atoms with Crippen molar-refractivity contribution in [3.05, 3.63) is 98.9 Å². The fraction of sp³-hybridized carbons (Fsp3) is 0.115. The van der Waals surface area contributed by atoms with Crippen LogP contribution in [-0.2, 0) is 11.4 Å². The van der Waals surface area contributed by atoms with Crippen LogP contribution in [0.1, 0.15) is 27.0 Å². The van der Waals surface area contributed by atoms with Gasteiger partial charge < -0.3 is 9.47 Å². The van der Waals surface area contributed by atoms with Gasteiger partial charge in [-0.15, -0.1) is 0 Å². The number of carbonyl (C=O) groups excluding carboxylic acids is 2. The van der Waals surface area contributed by atoms with Gasteiger partial charge in [0.15, 0.2) is 15.8 Å². The Bertz CT molecular complexity index is 1330. The summed E-state index contributed by atoms with van der Waals surface area (Å²) in [5, 5.41) is 1.35. The van der Waals surface area contributed by atoms with Gasteiger partial charge in [0.2, 0.25) is 0 Å². The zero-order valence-corrected chi connectivity index (χ0v) is 21.3. The maximum absolute atomic E-state index is 13.0. The monoisotopic (exact) mass is 524 g/mol. The van der Waals surface area contributed by atoms with Crippen molar-refractivity contribution in [2.45, 2.75) is 13.5 Å². The van der Waals surface area contributed by atoms with Crippen molar-refractivity contribution >= 4 is 57.8 Å². The first-order valence-corrected chi connectivity index (χ1v) is 12.2. The van der Waals surface area contributed by atoms with Crippen LogP contribution in [0.2, 0.25) is 5.02 Å². The molecule has 1 saturated heterocycles. The topological polar surface area (TPSA) is 67.9 Å². The molecular formula is C26H21ClN2O4S2. The average Bonchev–Trinajstić information content (AvgIpc) is 3.10. The minimum absolute atomic E-state index is 0.215. The molecule has 2 amide bonds. The number of amides is 2. The van der Waals surface area contributed by atoms with Gasteiger partial charge in [0.1, 0.15) is 6.61 Å². The number of thiocarbonyl (C=S) groups is 1. The first-order chi connectivity index (χ1) is 16.9. The minimum atomic E-state index is -0.519. The van der Waals surface area contributed by atoms with E-state index in [2.05, 4.69) is 5.43 Å². The molecule has 0 unspecified atom stereocenters. The van der Waals surface area contributed by atoms with Crippen molar-refractivity contribution in [2.75, 3.05) is 7.11 Å². The molecule has 3 aromatic rings. The first kappa shape index (κ1) is 24.8. The molecule has 178 valence electrons. The third-order valence-corrected chi connectivity index (χ3v) is 6.71. The Morgan fingerprint density at radius 2 is 1.89 bits per heavy atom. The number of benzene rings is 3. The molecule has 35 heavy (non-hydrogen) atoms. The highest BCUT2D eigenvalue weighted by Crippen LogP contribution is 2.34. The fourth-order valence-corrected chi connectivity index (χ4v) is 4.81. The van der Waals surface area contributed by atoms with Crippen LogP contribution in [0, 0.1) is 6.92 Å². The highest BCUT2D eigenvalue weighted by Gasteiger charge is 2.34. The smallest absolute Gasteiger partial charge is 0.285 e. The molecule has 0 radical (unpaired) electrons. The predicted octanol–water partition coefficient (Wildman–Crippen LogP) is 5.78. The fourth-order valence-electron chi connectivity index (χ4n) is 3.31. The Labute approximate surface area is 217 Å². The Balaban J connectivity index is 1.48. The maximum atomic E-state index is 13.0. The molecule has 1 fully saturated rings. The number of methoxy groups -OCH3 is 1. The normalized spacial score (nSPS) is 14.4. The van der Waals surface area contributed by atoms with E-state index in [1.807, 2.05) is 43.3 Å². The predicted molar refractivity (Wildman–Crippen MR) is 142 cm³/mol. The van der Waals surface area contributed by atoms with Crippen molar-refractivity contribution in [1.29, 1.82) is 0 Å². The van der Waals surface area contributed by atoms with Crippen molar-refractivity contribution in [3.63, 3.8) is 0 Å². The molecule has 0 atom stereocenters. The number of hydrazine groups is 1. The van der Waals surface area contributed by atoms with E-state index in [9.17, 15) is 9.59 Å². The number of aryl methyl sites for hydroxylation is 1. The van der Waals surface area contributed by atoms with E-state index in [0.717, 1.165) is 33.5 Å². The van der Waals surface area contributed by atoms with Gasteiger partial charge in [-0.2, -0.15) is 5.01 Å². The third kappa shape index (κ3) is 5.85. The van der Waals surface area contributed by atoms with E-state index in [-0.39, 0.29) is 9.88 Å². The Hall–Kier alpha value is -3.33. The standard InChI is InChI=1S/C26H21ClN2O4S2/c1-16-8-10-19(20(27)12-16)24(30)28-29-25(31)23(35-26(29)34)14-18-9-11-21(22(13-18)32-2)33-15-17-6-4-3-5-7-17/h3-14H,15H2,1-2H3,(H,28,30)/b23-14+. The number of halogens is 1. The number of carbonyl (C=O) groups is 2. The molecule has 0 saturated carbocycles. The summed E-state index contributed by atoms with van der Waals surface area (Å²) in [5.74, 6) is 0.171. The molecule has 0 bridgehead atoms. The van der Waals surface area contributed by atoms with Gasteiger partial charge in [0, 0.05) is 0 Å². The highest BCUT2D eigenvalue weighted by molar-refractivity contribution is 8.26. The second-order valence-electron chi connectivity index (χ2n) is 7.63. The number of nitrogens with zero attached hydrogens (tertiary/aromatic N) is 1. The molecule has 4 rings (SSSR count). The van der Waals surface area contributed by atoms with Crippen LogP contribution in [0.15, 0.2) is 71.6 Å². The van der Waals surface area contributed by atoms with Gasteiger partial charge >= 0.3 is 0 Å². The molecule has 9 heteroatoms. The summed E-state index contributed by atoms with van der Waals surface area (Å²) < 4.78 is 11.6. The van der Waals surface area contributed by atoms with Crippen LogP contribution in [0.5, 0.6) is 11.5 Å². The molecule has 0 spiro atoms. The number of hydrogen-bond donors (Lipinski definition) is 1. The first-order valence-electron chi connectivity index (χ1n) is 10.6. The molecule has 3 aromatic carbocycles. The zero-order chi connectivity index (χ0) is 24.9. The molecule has 1 aliphatic rings. The van der Waals surface area contributed by atoms with E-state index < -0.39 is 11.8 Å². The highest BCUT2D eigenvalue weighted by atomic mass is 35.5. The van der Waals surface area contributed by atoms with Gasteiger partial charge in [0.25, 0.3) is 11.8 Å². The van der Waals surface area contributed by atoms with Gasteiger partial charge in [0.05, 0.1) is 22.6 Å². The van der Waals surface area contributed by atoms with Crippen LogP contribution in [0.4, 0.5) is 0 Å². The molecule has 1 aliphatic heterocycles. The number of rotatable bonds is 7. The molecular weight excluding hydrogens is 504 g/mol. The van der Waals surface area contributed by atoms with Crippen LogP contribution in [0.3, 0.4) is 0 Å². The lowest BCUT2D eigenvalue weighted by molar-refractivity contribution is -0.123. The Morgan fingerprint density at radius 3 is 2.60 bits per heavy atom. The Morgan fingerprint density at radius 1 is 1.11 bits per heavy atom. The van der Waals surface area contributed by atoms with Gasteiger partial charge in [-0.05, 0) is 66.2 Å². The van der Waals surface area contributed by atoms with E-state index in [0.29, 0.717) is 28.0 Å². The largest absolute Gasteiger partial charge is 0.493 e. The lowest BCUT2D eigenvalue weighted by Gasteiger charge is -2.16. The quantitative estimate of drug-likeness (QED) is 0.312. The van der Waals surface area contributed by atoms with Crippen molar-refractivity contribution < 1.29 is 19.1 Å². The summed E-state index contributed by atoms with van der Waals surface area (Å²) in [5.41, 5.74) is 5.49. The van der Waals surface area contributed by atoms with Crippen LogP contribution >= 0.6 is 35.6 Å². The molecule has 6 nitrogen and oxygen atoms in total. The number of thioether (sulfide) groups is 1.